The molecular weight excluding hydrogens is 289 g/mol. The molecule has 0 amide bonds. The first-order valence-corrected chi connectivity index (χ1v) is 7.65. The Bertz CT molecular complexity index is 614. The summed E-state index contributed by atoms with van der Waals surface area (Å²) < 4.78 is 16.1. The predicted octanol–water partition coefficient (Wildman–Crippen LogP) is 4.85. The lowest BCUT2D eigenvalue weighted by Gasteiger charge is -2.11. The molecule has 0 saturated carbocycles. The number of nitrogens with two attached hydrogens (primary N) is 1. The molecule has 0 bridgehead atoms. The number of rotatable bonds is 5. The molecule has 0 unspecified atom stereocenters. The zero-order chi connectivity index (χ0) is 15.6. The summed E-state index contributed by atoms with van der Waals surface area (Å²) in [6.07, 6.45) is 2.07. The molecule has 5 heteroatoms. The highest BCUT2D eigenvalue weighted by molar-refractivity contribution is 6.33. The first-order chi connectivity index (χ1) is 9.97. The van der Waals surface area contributed by atoms with Gasteiger partial charge in [-0.05, 0) is 18.6 Å². The van der Waals surface area contributed by atoms with Crippen LogP contribution in [0, 0.1) is 5.82 Å². The molecule has 2 rings (SSSR count). The van der Waals surface area contributed by atoms with Gasteiger partial charge in [0.05, 0.1) is 10.6 Å². The fraction of sp³-hybridized carbons (Fsp3) is 0.438. The summed E-state index contributed by atoms with van der Waals surface area (Å²) in [5, 5.41) is 0.331. The van der Waals surface area contributed by atoms with Crippen LogP contribution >= 0.6 is 11.6 Å². The van der Waals surface area contributed by atoms with Gasteiger partial charge in [-0.25, -0.2) is 9.37 Å². The van der Waals surface area contributed by atoms with Crippen LogP contribution in [-0.2, 0) is 6.54 Å². The normalized spacial score (nSPS) is 11.3. The quantitative estimate of drug-likeness (QED) is 0.858. The Balaban J connectivity index is 2.60. The molecule has 2 N–H and O–H groups in total. The molecule has 0 aliphatic heterocycles. The van der Waals surface area contributed by atoms with Crippen LogP contribution in [0.1, 0.15) is 45.4 Å². The Labute approximate surface area is 129 Å². The second-order valence-electron chi connectivity index (χ2n) is 5.46. The Hall–Kier alpha value is -1.55. The van der Waals surface area contributed by atoms with E-state index in [-0.39, 0.29) is 11.5 Å². The summed E-state index contributed by atoms with van der Waals surface area (Å²) in [6, 6.07) is 4.61. The molecule has 0 radical (unpaired) electrons. The van der Waals surface area contributed by atoms with E-state index in [0.717, 1.165) is 25.2 Å². The second kappa shape index (κ2) is 6.48. The first-order valence-electron chi connectivity index (χ1n) is 7.27. The molecule has 114 valence electrons. The molecule has 3 nitrogen and oxygen atoms in total. The highest BCUT2D eigenvalue weighted by Crippen LogP contribution is 2.35. The third-order valence-corrected chi connectivity index (χ3v) is 3.80. The minimum Gasteiger partial charge on any atom is -0.383 e. The van der Waals surface area contributed by atoms with Crippen molar-refractivity contribution in [1.82, 2.24) is 9.55 Å². The van der Waals surface area contributed by atoms with Crippen molar-refractivity contribution in [3.8, 4) is 11.3 Å². The molecule has 0 fully saturated rings. The average molecular weight is 310 g/mol. The van der Waals surface area contributed by atoms with Gasteiger partial charge in [-0.15, -0.1) is 0 Å². The molecule has 0 spiro atoms. The van der Waals surface area contributed by atoms with E-state index in [0.29, 0.717) is 16.5 Å². The number of hydrogen-bond acceptors (Lipinski definition) is 2. The van der Waals surface area contributed by atoms with Crippen molar-refractivity contribution in [2.75, 3.05) is 5.73 Å². The lowest BCUT2D eigenvalue weighted by molar-refractivity contribution is 0.588. The van der Waals surface area contributed by atoms with Gasteiger partial charge in [0.2, 0.25) is 0 Å². The third kappa shape index (κ3) is 3.05. The molecule has 1 aromatic carbocycles. The van der Waals surface area contributed by atoms with E-state index in [1.54, 1.807) is 12.1 Å². The highest BCUT2D eigenvalue weighted by Gasteiger charge is 2.21. The molecule has 0 saturated heterocycles. The fourth-order valence-corrected chi connectivity index (χ4v) is 2.64. The van der Waals surface area contributed by atoms with E-state index < -0.39 is 5.82 Å². The molecule has 1 heterocycles. The maximum absolute atomic E-state index is 14.1. The number of nitrogen functional groups attached to an aromatic ring is 1. The van der Waals surface area contributed by atoms with Crippen LogP contribution in [0.2, 0.25) is 5.02 Å². The van der Waals surface area contributed by atoms with Crippen molar-refractivity contribution in [3.05, 3.63) is 34.9 Å². The van der Waals surface area contributed by atoms with Crippen LogP contribution in [0.4, 0.5) is 10.2 Å². The number of imidazole rings is 1. The van der Waals surface area contributed by atoms with Gasteiger partial charge in [0.25, 0.3) is 0 Å². The van der Waals surface area contributed by atoms with E-state index in [4.69, 9.17) is 17.3 Å². The van der Waals surface area contributed by atoms with Gasteiger partial charge in [-0.2, -0.15) is 0 Å². The Morgan fingerprint density at radius 3 is 2.67 bits per heavy atom. The predicted molar refractivity (Wildman–Crippen MR) is 86.0 cm³/mol. The zero-order valence-corrected chi connectivity index (χ0v) is 13.4. The summed E-state index contributed by atoms with van der Waals surface area (Å²) in [7, 11) is 0. The van der Waals surface area contributed by atoms with E-state index in [9.17, 15) is 4.39 Å². The van der Waals surface area contributed by atoms with Crippen molar-refractivity contribution >= 4 is 17.4 Å². The molecule has 0 aliphatic carbocycles. The Kier molecular flexibility index (Phi) is 4.88. The molecule has 2 aromatic rings. The van der Waals surface area contributed by atoms with Gasteiger partial charge in [0, 0.05) is 12.5 Å². The number of halogens is 2. The van der Waals surface area contributed by atoms with E-state index >= 15 is 0 Å². The lowest BCUT2D eigenvalue weighted by atomic mass is 10.1. The Morgan fingerprint density at radius 1 is 1.38 bits per heavy atom. The average Bonchev–Trinajstić information content (AvgIpc) is 2.74. The topological polar surface area (TPSA) is 43.8 Å². The van der Waals surface area contributed by atoms with Crippen molar-refractivity contribution in [1.29, 1.82) is 0 Å². The van der Waals surface area contributed by atoms with Crippen LogP contribution in [0.5, 0.6) is 0 Å². The summed E-state index contributed by atoms with van der Waals surface area (Å²) in [6.45, 7) is 7.01. The van der Waals surface area contributed by atoms with Gasteiger partial charge in [-0.3, -0.25) is 0 Å². The minimum absolute atomic E-state index is 0.212. The van der Waals surface area contributed by atoms with E-state index in [2.05, 4.69) is 25.8 Å². The standard InChI is InChI=1S/C16H21ClFN3/c1-4-5-9-21-15(19)14(20-16(21)10(2)3)13-11(17)7-6-8-12(13)18/h6-8,10H,4-5,9,19H2,1-3H3. The van der Waals surface area contributed by atoms with Gasteiger partial charge in [0.1, 0.15) is 23.2 Å². The van der Waals surface area contributed by atoms with Crippen LogP contribution in [-0.4, -0.2) is 9.55 Å². The zero-order valence-electron chi connectivity index (χ0n) is 12.7. The molecule has 21 heavy (non-hydrogen) atoms. The number of unbranched alkanes of at least 4 members (excludes halogenated alkanes) is 1. The van der Waals surface area contributed by atoms with Gasteiger partial charge >= 0.3 is 0 Å². The summed E-state index contributed by atoms with van der Waals surface area (Å²) in [4.78, 5) is 4.57. The van der Waals surface area contributed by atoms with Crippen LogP contribution in [0.15, 0.2) is 18.2 Å². The highest BCUT2D eigenvalue weighted by atomic mass is 35.5. The van der Waals surface area contributed by atoms with Crippen molar-refractivity contribution < 1.29 is 4.39 Å². The second-order valence-corrected chi connectivity index (χ2v) is 5.87. The van der Waals surface area contributed by atoms with E-state index in [1.165, 1.54) is 6.07 Å². The minimum atomic E-state index is -0.398. The molecule has 0 aliphatic rings. The monoisotopic (exact) mass is 309 g/mol. The van der Waals surface area contributed by atoms with Crippen molar-refractivity contribution in [3.63, 3.8) is 0 Å². The molecule has 1 aromatic heterocycles. The van der Waals surface area contributed by atoms with Crippen LogP contribution < -0.4 is 5.73 Å². The number of anilines is 1. The first kappa shape index (κ1) is 15.8. The summed E-state index contributed by atoms with van der Waals surface area (Å²) >= 11 is 6.14. The van der Waals surface area contributed by atoms with Gasteiger partial charge in [-0.1, -0.05) is 44.9 Å². The Morgan fingerprint density at radius 2 is 2.10 bits per heavy atom. The maximum Gasteiger partial charge on any atom is 0.134 e. The molecular formula is C16H21ClFN3. The summed E-state index contributed by atoms with van der Waals surface area (Å²) in [5.74, 6) is 1.17. The van der Waals surface area contributed by atoms with Crippen LogP contribution in [0.3, 0.4) is 0 Å². The molecule has 0 atom stereocenters. The third-order valence-electron chi connectivity index (χ3n) is 3.49. The number of hydrogen-bond donors (Lipinski definition) is 1. The maximum atomic E-state index is 14.1. The van der Waals surface area contributed by atoms with Gasteiger partial charge < -0.3 is 10.3 Å². The smallest absolute Gasteiger partial charge is 0.134 e. The van der Waals surface area contributed by atoms with Crippen molar-refractivity contribution in [2.45, 2.75) is 46.1 Å². The van der Waals surface area contributed by atoms with Crippen LogP contribution in [0.25, 0.3) is 11.3 Å². The van der Waals surface area contributed by atoms with Crippen molar-refractivity contribution in [2.24, 2.45) is 0 Å². The fourth-order valence-electron chi connectivity index (χ4n) is 2.38. The largest absolute Gasteiger partial charge is 0.383 e. The SMILES string of the molecule is CCCCn1c(C(C)C)nc(-c2c(F)cccc2Cl)c1N. The summed E-state index contributed by atoms with van der Waals surface area (Å²) in [5.41, 5.74) is 6.96. The number of nitrogens with zero attached hydrogens (tertiary/aromatic N) is 2. The number of benzene rings is 1. The van der Waals surface area contributed by atoms with Gasteiger partial charge in [0.15, 0.2) is 0 Å². The van der Waals surface area contributed by atoms with E-state index in [1.807, 2.05) is 4.57 Å². The number of aromatic nitrogens is 2. The lowest BCUT2D eigenvalue weighted by Crippen LogP contribution is -2.08.